The molecule has 1 aliphatic rings. The van der Waals surface area contributed by atoms with Crippen molar-refractivity contribution in [3.8, 4) is 0 Å². The Bertz CT molecular complexity index is 1660. The van der Waals surface area contributed by atoms with Crippen molar-refractivity contribution in [2.24, 2.45) is 0 Å². The van der Waals surface area contributed by atoms with Crippen LogP contribution in [0.2, 0.25) is 39.3 Å². The van der Waals surface area contributed by atoms with Gasteiger partial charge in [-0.25, -0.2) is 0 Å². The first-order valence-electron chi connectivity index (χ1n) is 19.2. The molecule has 0 nitrogen and oxygen atoms in total. The van der Waals surface area contributed by atoms with Crippen molar-refractivity contribution in [1.29, 1.82) is 0 Å². The molecule has 1 aliphatic heterocycles. The van der Waals surface area contributed by atoms with Gasteiger partial charge in [0.15, 0.2) is 0 Å². The smallest absolute Gasteiger partial charge is 0.0933 e. The van der Waals surface area contributed by atoms with Gasteiger partial charge in [-0.15, -0.1) is 0 Å². The van der Waals surface area contributed by atoms with Crippen LogP contribution < -0.4 is 5.46 Å². The molecule has 0 radical (unpaired) electrons. The molecule has 0 spiro atoms. The topological polar surface area (TPSA) is 0 Å². The molecule has 0 amide bonds. The van der Waals surface area contributed by atoms with E-state index in [4.69, 9.17) is 0 Å². The third-order valence-electron chi connectivity index (χ3n) is 10.9. The lowest BCUT2D eigenvalue weighted by atomic mass is 9.43. The van der Waals surface area contributed by atoms with Crippen LogP contribution in [0.1, 0.15) is 133 Å². The van der Waals surface area contributed by atoms with Gasteiger partial charge in [0.05, 0.1) is 16.1 Å². The molecule has 0 atom stereocenters. The molecular formula is C47H71BSi2. The molecule has 0 saturated carbocycles. The summed E-state index contributed by atoms with van der Waals surface area (Å²) < 4.78 is 0. The molecule has 50 heavy (non-hydrogen) atoms. The summed E-state index contributed by atoms with van der Waals surface area (Å²) in [6, 6.07) is 20.2. The van der Waals surface area contributed by atoms with Crippen LogP contribution in [-0.4, -0.2) is 22.9 Å². The Labute approximate surface area is 311 Å². The highest BCUT2D eigenvalue weighted by molar-refractivity contribution is 7.16. The van der Waals surface area contributed by atoms with Gasteiger partial charge in [-0.05, 0) is 87.0 Å². The van der Waals surface area contributed by atoms with Crippen LogP contribution in [0.5, 0.6) is 0 Å². The van der Waals surface area contributed by atoms with E-state index in [1.54, 1.807) is 26.8 Å². The highest BCUT2D eigenvalue weighted by Gasteiger charge is 2.48. The molecule has 0 aliphatic carbocycles. The zero-order valence-corrected chi connectivity index (χ0v) is 38.2. The van der Waals surface area contributed by atoms with Gasteiger partial charge in [0.25, 0.3) is 0 Å². The third kappa shape index (κ3) is 8.15. The Morgan fingerprint density at radius 1 is 0.400 bits per heavy atom. The molecule has 0 aromatic heterocycles. The fraction of sp³-hybridized carbons (Fsp3) is 0.532. The van der Waals surface area contributed by atoms with E-state index in [9.17, 15) is 0 Å². The van der Waals surface area contributed by atoms with Crippen molar-refractivity contribution in [3.05, 3.63) is 109 Å². The maximum Gasteiger partial charge on any atom is 0.227 e. The predicted octanol–water partition coefficient (Wildman–Crippen LogP) is 13.3. The number of hydrogen-bond acceptors (Lipinski definition) is 0. The third-order valence-corrected chi connectivity index (χ3v) is 15.2. The molecule has 270 valence electrons. The maximum absolute atomic E-state index is 2.61. The standard InChI is InChI=1S/C47H71BSi2/c1-30-22-31(2)41(32(3)23-30)48-42(49(16,17)18)39(33-24-35(44(4,5)6)28-36(25-33)45(7,8)9)40(43(48)50(19,20)21)34-26-37(46(10,11)12)29-38(27-34)47(13,14)15/h22-29H,1-21H3. The molecule has 0 fully saturated rings. The fourth-order valence-corrected chi connectivity index (χ4v) is 12.6. The normalized spacial score (nSPS) is 15.5. The largest absolute Gasteiger partial charge is 0.227 e. The number of aryl methyl sites for hydroxylation is 3. The first-order chi connectivity index (χ1) is 22.3. The van der Waals surface area contributed by atoms with E-state index in [1.165, 1.54) is 50.1 Å². The van der Waals surface area contributed by atoms with Crippen molar-refractivity contribution < 1.29 is 0 Å². The molecular weight excluding hydrogens is 632 g/mol. The monoisotopic (exact) mass is 703 g/mol. The quantitative estimate of drug-likeness (QED) is 0.232. The highest BCUT2D eigenvalue weighted by atomic mass is 28.3. The first-order valence-corrected chi connectivity index (χ1v) is 26.2. The SMILES string of the molecule is Cc1cc(C)c(B2C([Si](C)(C)C)=C(c3cc(C(C)(C)C)cc(C(C)(C)C)c3)C(c3cc(C(C)(C)C)cc(C(C)(C)C)c3)=C2[Si](C)(C)C)c(C)c1. The minimum Gasteiger partial charge on any atom is -0.0933 e. The molecule has 3 aromatic carbocycles. The average molecular weight is 703 g/mol. The fourth-order valence-electron chi connectivity index (χ4n) is 8.13. The van der Waals surface area contributed by atoms with E-state index in [0.717, 1.165) is 0 Å². The van der Waals surface area contributed by atoms with Crippen LogP contribution >= 0.6 is 0 Å². The van der Waals surface area contributed by atoms with Crippen LogP contribution in [0.4, 0.5) is 0 Å². The summed E-state index contributed by atoms with van der Waals surface area (Å²) in [6.45, 7) is 51.6. The molecule has 3 heteroatoms. The van der Waals surface area contributed by atoms with E-state index in [-0.39, 0.29) is 21.7 Å². The molecule has 4 rings (SSSR count). The van der Waals surface area contributed by atoms with Gasteiger partial charge in [-0.2, -0.15) is 0 Å². The Kier molecular flexibility index (Phi) is 10.5. The van der Waals surface area contributed by atoms with Crippen LogP contribution in [0.25, 0.3) is 11.1 Å². The number of rotatable bonds is 5. The van der Waals surface area contributed by atoms with E-state index < -0.39 is 16.1 Å². The summed E-state index contributed by atoms with van der Waals surface area (Å²) in [5.74, 6) is 0. The van der Waals surface area contributed by atoms with Gasteiger partial charge in [0, 0.05) is 0 Å². The average Bonchev–Trinajstić information content (AvgIpc) is 3.27. The van der Waals surface area contributed by atoms with Crippen molar-refractivity contribution >= 4 is 39.5 Å². The minimum absolute atomic E-state index is 0.0368. The predicted molar refractivity (Wildman–Crippen MR) is 234 cm³/mol. The van der Waals surface area contributed by atoms with Gasteiger partial charge < -0.3 is 0 Å². The second-order valence-electron chi connectivity index (χ2n) is 21.9. The summed E-state index contributed by atoms with van der Waals surface area (Å²) >= 11 is 0. The lowest BCUT2D eigenvalue weighted by Crippen LogP contribution is -2.50. The number of benzene rings is 3. The number of allylic oxidation sites excluding steroid dienone is 2. The van der Waals surface area contributed by atoms with Crippen molar-refractivity contribution in [3.63, 3.8) is 0 Å². The maximum atomic E-state index is 2.61. The van der Waals surface area contributed by atoms with Crippen LogP contribution in [-0.2, 0) is 21.7 Å². The van der Waals surface area contributed by atoms with E-state index in [2.05, 4.69) is 192 Å². The second kappa shape index (κ2) is 12.9. The van der Waals surface area contributed by atoms with Crippen LogP contribution in [0.3, 0.4) is 0 Å². The zero-order chi connectivity index (χ0) is 38.3. The van der Waals surface area contributed by atoms with Crippen molar-refractivity contribution in [1.82, 2.24) is 0 Å². The Hall–Kier alpha value is -2.36. The first kappa shape index (κ1) is 40.4. The van der Waals surface area contributed by atoms with Gasteiger partial charge in [0.2, 0.25) is 6.71 Å². The number of hydrogen-bond donors (Lipinski definition) is 0. The second-order valence-corrected chi connectivity index (χ2v) is 32.0. The van der Waals surface area contributed by atoms with Gasteiger partial charge in [-0.3, -0.25) is 0 Å². The molecule has 0 bridgehead atoms. The van der Waals surface area contributed by atoms with Gasteiger partial charge >= 0.3 is 0 Å². The molecule has 0 N–H and O–H groups in total. The van der Waals surface area contributed by atoms with E-state index in [1.807, 2.05) is 0 Å². The molecule has 0 saturated heterocycles. The minimum atomic E-state index is -1.94. The van der Waals surface area contributed by atoms with Gasteiger partial charge in [-0.1, -0.05) is 203 Å². The van der Waals surface area contributed by atoms with Crippen LogP contribution in [0, 0.1) is 20.8 Å². The summed E-state index contributed by atoms with van der Waals surface area (Å²) in [5, 5.41) is 3.45. The molecule has 1 heterocycles. The zero-order valence-electron chi connectivity index (χ0n) is 36.2. The van der Waals surface area contributed by atoms with Crippen LogP contribution in [0.15, 0.2) is 58.7 Å². The van der Waals surface area contributed by atoms with E-state index in [0.29, 0.717) is 6.71 Å². The summed E-state index contributed by atoms with van der Waals surface area (Å²) in [4.78, 5) is 0. The van der Waals surface area contributed by atoms with Crippen molar-refractivity contribution in [2.45, 2.75) is 165 Å². The molecule has 3 aromatic rings. The molecule has 0 unspecified atom stereocenters. The summed E-state index contributed by atoms with van der Waals surface area (Å²) in [7, 11) is -3.87. The summed E-state index contributed by atoms with van der Waals surface area (Å²) in [5.41, 5.74) is 17.6. The Morgan fingerprint density at radius 2 is 0.660 bits per heavy atom. The Morgan fingerprint density at radius 3 is 0.880 bits per heavy atom. The highest BCUT2D eigenvalue weighted by Crippen LogP contribution is 2.51. The lowest BCUT2D eigenvalue weighted by Gasteiger charge is -2.33. The summed E-state index contributed by atoms with van der Waals surface area (Å²) in [6.07, 6.45) is 0. The van der Waals surface area contributed by atoms with Gasteiger partial charge in [0.1, 0.15) is 0 Å². The van der Waals surface area contributed by atoms with E-state index >= 15 is 0 Å². The van der Waals surface area contributed by atoms with Crippen molar-refractivity contribution in [2.75, 3.05) is 0 Å². The Balaban J connectivity index is 2.41. The lowest BCUT2D eigenvalue weighted by molar-refractivity contribution is 0.567.